The van der Waals surface area contributed by atoms with Crippen molar-refractivity contribution in [3.8, 4) is 23.8 Å². The summed E-state index contributed by atoms with van der Waals surface area (Å²) in [5, 5.41) is 4.52. The molecule has 5 nitrogen and oxygen atoms in total. The Bertz CT molecular complexity index is 748. The highest BCUT2D eigenvalue weighted by atomic mass is 32.1. The Morgan fingerprint density at radius 1 is 1.17 bits per heavy atom. The van der Waals surface area contributed by atoms with Crippen LogP contribution in [0.4, 0.5) is 0 Å². The van der Waals surface area contributed by atoms with Crippen LogP contribution in [0.15, 0.2) is 28.7 Å². The van der Waals surface area contributed by atoms with E-state index in [1.807, 2.05) is 24.3 Å². The van der Waals surface area contributed by atoms with E-state index in [0.29, 0.717) is 17.4 Å². The van der Waals surface area contributed by atoms with Crippen molar-refractivity contribution >= 4 is 12.2 Å². The van der Waals surface area contributed by atoms with Crippen LogP contribution in [-0.2, 0) is 6.67 Å². The van der Waals surface area contributed by atoms with Gasteiger partial charge in [-0.05, 0) is 31.3 Å². The molecule has 1 fully saturated rings. The van der Waals surface area contributed by atoms with E-state index in [0.717, 1.165) is 38.3 Å². The summed E-state index contributed by atoms with van der Waals surface area (Å²) in [4.78, 5) is 4.99. The smallest absolute Gasteiger partial charge is 0.288 e. The van der Waals surface area contributed by atoms with Crippen molar-refractivity contribution in [3.63, 3.8) is 0 Å². The highest BCUT2D eigenvalue weighted by molar-refractivity contribution is 7.71. The topological polar surface area (TPSA) is 37.4 Å². The molecule has 0 atom stereocenters. The van der Waals surface area contributed by atoms with Gasteiger partial charge in [-0.3, -0.25) is 9.80 Å². The molecule has 2 heterocycles. The number of rotatable bonds is 4. The van der Waals surface area contributed by atoms with Gasteiger partial charge in [0.1, 0.15) is 0 Å². The second-order valence-electron chi connectivity index (χ2n) is 5.78. The highest BCUT2D eigenvalue weighted by Gasteiger charge is 2.17. The lowest BCUT2D eigenvalue weighted by Gasteiger charge is -2.33. The summed E-state index contributed by atoms with van der Waals surface area (Å²) < 4.78 is 7.40. The van der Waals surface area contributed by atoms with E-state index < -0.39 is 0 Å². The van der Waals surface area contributed by atoms with Crippen LogP contribution in [0.3, 0.4) is 0 Å². The molecule has 6 heteroatoms. The Morgan fingerprint density at radius 3 is 2.48 bits per heavy atom. The third kappa shape index (κ3) is 3.88. The summed E-state index contributed by atoms with van der Waals surface area (Å²) in [5.41, 5.74) is 2.15. The standard InChI is InChI=1S/C17H20N4OS/c1-3-8-19-9-11-20(12-10-19)13-21-17(23)22-16(18-21)15-6-4-14(2)5-7-15/h1,4-7H,8-13H2,2H3. The lowest BCUT2D eigenvalue weighted by molar-refractivity contribution is 0.110. The normalized spacial score (nSPS) is 16.3. The van der Waals surface area contributed by atoms with Crippen LogP contribution in [0, 0.1) is 24.1 Å². The molecule has 1 aromatic carbocycles. The zero-order chi connectivity index (χ0) is 16.2. The van der Waals surface area contributed by atoms with Crippen LogP contribution in [0.1, 0.15) is 5.56 Å². The van der Waals surface area contributed by atoms with Gasteiger partial charge in [0.25, 0.3) is 4.84 Å². The maximum absolute atomic E-state index is 5.64. The van der Waals surface area contributed by atoms with Crippen molar-refractivity contribution < 1.29 is 4.42 Å². The lowest BCUT2D eigenvalue weighted by atomic mass is 10.1. The fourth-order valence-corrected chi connectivity index (χ4v) is 2.79. The molecule has 3 rings (SSSR count). The summed E-state index contributed by atoms with van der Waals surface area (Å²) >= 11 is 5.30. The molecule has 2 aromatic rings. The first kappa shape index (κ1) is 15.9. The summed E-state index contributed by atoms with van der Waals surface area (Å²) in [5.74, 6) is 3.27. The Hall–Kier alpha value is -1.94. The Labute approximate surface area is 141 Å². The maximum Gasteiger partial charge on any atom is 0.288 e. The predicted octanol–water partition coefficient (Wildman–Crippen LogP) is 2.39. The molecule has 0 aliphatic carbocycles. The van der Waals surface area contributed by atoms with E-state index in [9.17, 15) is 0 Å². The Balaban J connectivity index is 1.67. The number of hydrogen-bond donors (Lipinski definition) is 0. The van der Waals surface area contributed by atoms with Crippen LogP contribution < -0.4 is 0 Å². The minimum absolute atomic E-state index is 0.409. The van der Waals surface area contributed by atoms with Crippen LogP contribution >= 0.6 is 12.2 Å². The molecule has 0 bridgehead atoms. The van der Waals surface area contributed by atoms with Gasteiger partial charge in [0.2, 0.25) is 5.89 Å². The molecule has 120 valence electrons. The third-order valence-corrected chi connectivity index (χ3v) is 4.31. The molecular formula is C17H20N4OS. The van der Waals surface area contributed by atoms with Gasteiger partial charge < -0.3 is 4.42 Å². The number of benzene rings is 1. The number of aryl methyl sites for hydroxylation is 1. The van der Waals surface area contributed by atoms with E-state index >= 15 is 0 Å². The van der Waals surface area contributed by atoms with Crippen molar-refractivity contribution in [2.45, 2.75) is 13.6 Å². The van der Waals surface area contributed by atoms with Gasteiger partial charge in [0, 0.05) is 31.7 Å². The van der Waals surface area contributed by atoms with Crippen molar-refractivity contribution in [3.05, 3.63) is 34.7 Å². The summed E-state index contributed by atoms with van der Waals surface area (Å²) in [7, 11) is 0. The van der Waals surface area contributed by atoms with E-state index in [1.165, 1.54) is 5.56 Å². The first-order valence-electron chi connectivity index (χ1n) is 7.69. The monoisotopic (exact) mass is 328 g/mol. The SMILES string of the molecule is C#CCN1CCN(Cn2nc(-c3ccc(C)cc3)oc2=S)CC1. The first-order chi connectivity index (χ1) is 11.2. The second-order valence-corrected chi connectivity index (χ2v) is 6.13. The number of hydrogen-bond acceptors (Lipinski definition) is 5. The molecule has 0 saturated carbocycles. The van der Waals surface area contributed by atoms with E-state index in [1.54, 1.807) is 4.68 Å². The highest BCUT2D eigenvalue weighted by Crippen LogP contribution is 2.18. The molecule has 1 aliphatic rings. The largest absolute Gasteiger partial charge is 0.409 e. The number of aromatic nitrogens is 2. The minimum Gasteiger partial charge on any atom is -0.409 e. The first-order valence-corrected chi connectivity index (χ1v) is 8.10. The molecule has 0 N–H and O–H groups in total. The molecule has 0 spiro atoms. The lowest BCUT2D eigenvalue weighted by Crippen LogP contribution is -2.46. The summed E-state index contributed by atoms with van der Waals surface area (Å²) in [6.07, 6.45) is 5.36. The number of piperazine rings is 1. The van der Waals surface area contributed by atoms with Crippen molar-refractivity contribution in [1.29, 1.82) is 0 Å². The molecule has 23 heavy (non-hydrogen) atoms. The van der Waals surface area contributed by atoms with E-state index in [4.69, 9.17) is 23.1 Å². The molecule has 0 radical (unpaired) electrons. The van der Waals surface area contributed by atoms with Gasteiger partial charge in [-0.2, -0.15) is 0 Å². The van der Waals surface area contributed by atoms with Crippen molar-refractivity contribution in [1.82, 2.24) is 19.6 Å². The van der Waals surface area contributed by atoms with Crippen LogP contribution in [0.25, 0.3) is 11.5 Å². The fourth-order valence-electron chi connectivity index (χ4n) is 2.62. The van der Waals surface area contributed by atoms with Crippen LogP contribution in [0.5, 0.6) is 0 Å². The molecule has 0 unspecified atom stereocenters. The molecule has 1 saturated heterocycles. The quantitative estimate of drug-likeness (QED) is 0.636. The summed E-state index contributed by atoms with van der Waals surface area (Å²) in [6.45, 7) is 7.28. The number of terminal acetylenes is 1. The minimum atomic E-state index is 0.409. The molecular weight excluding hydrogens is 308 g/mol. The molecule has 0 amide bonds. The van der Waals surface area contributed by atoms with Crippen LogP contribution in [-0.4, -0.2) is 52.3 Å². The average Bonchev–Trinajstić information content (AvgIpc) is 2.91. The Morgan fingerprint density at radius 2 is 1.83 bits per heavy atom. The van der Waals surface area contributed by atoms with Gasteiger partial charge in [-0.1, -0.05) is 23.6 Å². The van der Waals surface area contributed by atoms with Gasteiger partial charge in [0.05, 0.1) is 13.2 Å². The van der Waals surface area contributed by atoms with Gasteiger partial charge >= 0.3 is 0 Å². The zero-order valence-electron chi connectivity index (χ0n) is 13.2. The predicted molar refractivity (Wildman–Crippen MR) is 92.3 cm³/mol. The van der Waals surface area contributed by atoms with E-state index in [2.05, 4.69) is 27.7 Å². The van der Waals surface area contributed by atoms with E-state index in [-0.39, 0.29) is 0 Å². The fraction of sp³-hybridized carbons (Fsp3) is 0.412. The van der Waals surface area contributed by atoms with Crippen LogP contribution in [0.2, 0.25) is 0 Å². The zero-order valence-corrected chi connectivity index (χ0v) is 14.1. The van der Waals surface area contributed by atoms with Crippen molar-refractivity contribution in [2.75, 3.05) is 32.7 Å². The van der Waals surface area contributed by atoms with Gasteiger partial charge in [-0.15, -0.1) is 11.5 Å². The second kappa shape index (κ2) is 7.09. The third-order valence-electron chi connectivity index (χ3n) is 4.02. The average molecular weight is 328 g/mol. The van der Waals surface area contributed by atoms with Gasteiger partial charge in [0.15, 0.2) is 0 Å². The van der Waals surface area contributed by atoms with Crippen molar-refractivity contribution in [2.24, 2.45) is 0 Å². The number of nitrogens with zero attached hydrogens (tertiary/aromatic N) is 4. The Kier molecular flexibility index (Phi) is 4.91. The van der Waals surface area contributed by atoms with Gasteiger partial charge in [-0.25, -0.2) is 4.68 Å². The summed E-state index contributed by atoms with van der Waals surface area (Å²) in [6, 6.07) is 8.08. The maximum atomic E-state index is 5.64. The molecule has 1 aliphatic heterocycles. The molecule has 1 aromatic heterocycles.